The normalized spacial score (nSPS) is 9.81. The van der Waals surface area contributed by atoms with Crippen LogP contribution in [0.3, 0.4) is 0 Å². The van der Waals surface area contributed by atoms with Crippen LogP contribution in [0.1, 0.15) is 0 Å². The first kappa shape index (κ1) is 12.9. The highest BCUT2D eigenvalue weighted by atomic mass is 35.5. The van der Waals surface area contributed by atoms with Crippen molar-refractivity contribution < 1.29 is 9.53 Å². The number of nitrogens with one attached hydrogen (secondary N) is 1. The number of ether oxygens (including phenoxy) is 1. The summed E-state index contributed by atoms with van der Waals surface area (Å²) in [5.41, 5.74) is 0.523. The van der Waals surface area contributed by atoms with E-state index in [0.717, 1.165) is 0 Å². The summed E-state index contributed by atoms with van der Waals surface area (Å²) in [5.74, 6) is 0.395. The van der Waals surface area contributed by atoms with Crippen LogP contribution in [0, 0.1) is 0 Å². The van der Waals surface area contributed by atoms with Gasteiger partial charge in [-0.15, -0.1) is 0 Å². The number of carbonyl (C=O) groups is 1. The van der Waals surface area contributed by atoms with Crippen molar-refractivity contribution in [1.82, 2.24) is 4.90 Å². The smallest absolute Gasteiger partial charge is 0.321 e. The Balaban J connectivity index is 2.96. The van der Waals surface area contributed by atoms with Crippen molar-refractivity contribution in [3.8, 4) is 5.75 Å². The fraction of sp³-hybridized carbons (Fsp3) is 0.300. The van der Waals surface area contributed by atoms with Gasteiger partial charge in [-0.2, -0.15) is 0 Å². The standard InChI is InChI=1S/C10H12Cl2N2O2/c1-14(2)10(15)13-6-4-7(11)9(16-3)8(12)5-6/h4-5H,1-3H3,(H,13,15). The lowest BCUT2D eigenvalue weighted by Crippen LogP contribution is -2.27. The highest BCUT2D eigenvalue weighted by Crippen LogP contribution is 2.35. The molecular weight excluding hydrogens is 251 g/mol. The second-order valence-electron chi connectivity index (χ2n) is 3.30. The molecule has 0 heterocycles. The molecular formula is C10H12Cl2N2O2. The molecule has 0 spiro atoms. The number of urea groups is 1. The zero-order valence-electron chi connectivity index (χ0n) is 9.17. The Bertz CT molecular complexity index is 385. The minimum absolute atomic E-state index is 0.252. The molecule has 0 atom stereocenters. The number of nitrogens with zero attached hydrogens (tertiary/aromatic N) is 1. The molecule has 0 aromatic heterocycles. The van der Waals surface area contributed by atoms with Crippen molar-refractivity contribution in [2.24, 2.45) is 0 Å². The van der Waals surface area contributed by atoms with Gasteiger partial charge in [0.2, 0.25) is 0 Å². The van der Waals surface area contributed by atoms with Gasteiger partial charge in [0.05, 0.1) is 17.2 Å². The zero-order valence-corrected chi connectivity index (χ0v) is 10.7. The number of rotatable bonds is 2. The van der Waals surface area contributed by atoms with E-state index in [1.807, 2.05) is 0 Å². The van der Waals surface area contributed by atoms with Gasteiger partial charge in [-0.3, -0.25) is 0 Å². The lowest BCUT2D eigenvalue weighted by atomic mass is 10.3. The second-order valence-corrected chi connectivity index (χ2v) is 4.11. The Morgan fingerprint density at radius 1 is 1.31 bits per heavy atom. The molecule has 88 valence electrons. The van der Waals surface area contributed by atoms with Gasteiger partial charge in [-0.1, -0.05) is 23.2 Å². The van der Waals surface area contributed by atoms with Gasteiger partial charge in [0.1, 0.15) is 0 Å². The molecule has 4 nitrogen and oxygen atoms in total. The van der Waals surface area contributed by atoms with E-state index in [-0.39, 0.29) is 6.03 Å². The highest BCUT2D eigenvalue weighted by Gasteiger charge is 2.10. The van der Waals surface area contributed by atoms with Gasteiger partial charge >= 0.3 is 6.03 Å². The number of hydrogen-bond donors (Lipinski definition) is 1. The Kier molecular flexibility index (Phi) is 4.26. The first-order chi connectivity index (χ1) is 7.45. The largest absolute Gasteiger partial charge is 0.494 e. The van der Waals surface area contributed by atoms with Gasteiger partial charge in [0.25, 0.3) is 0 Å². The van der Waals surface area contributed by atoms with Gasteiger partial charge in [-0.05, 0) is 12.1 Å². The molecule has 2 amide bonds. The van der Waals surface area contributed by atoms with E-state index in [4.69, 9.17) is 27.9 Å². The van der Waals surface area contributed by atoms with Gasteiger partial charge in [-0.25, -0.2) is 4.79 Å². The Hall–Kier alpha value is -1.13. The first-order valence-corrected chi connectivity index (χ1v) is 5.22. The van der Waals surface area contributed by atoms with E-state index in [1.165, 1.54) is 12.0 Å². The molecule has 0 unspecified atom stereocenters. The van der Waals surface area contributed by atoms with Crippen molar-refractivity contribution in [1.29, 1.82) is 0 Å². The maximum atomic E-state index is 11.4. The summed E-state index contributed by atoms with van der Waals surface area (Å²) in [6.45, 7) is 0. The summed E-state index contributed by atoms with van der Waals surface area (Å²) < 4.78 is 5.00. The minimum Gasteiger partial charge on any atom is -0.494 e. The summed E-state index contributed by atoms with van der Waals surface area (Å²) >= 11 is 11.8. The molecule has 0 aliphatic heterocycles. The van der Waals surface area contributed by atoms with Crippen molar-refractivity contribution in [3.63, 3.8) is 0 Å². The molecule has 0 bridgehead atoms. The van der Waals surface area contributed by atoms with Crippen LogP contribution in [-0.2, 0) is 0 Å². The summed E-state index contributed by atoms with van der Waals surface area (Å²) in [6.07, 6.45) is 0. The summed E-state index contributed by atoms with van der Waals surface area (Å²) in [4.78, 5) is 12.8. The molecule has 1 aromatic carbocycles. The molecule has 0 saturated heterocycles. The maximum absolute atomic E-state index is 11.4. The fourth-order valence-corrected chi connectivity index (χ4v) is 1.70. The highest BCUT2D eigenvalue weighted by molar-refractivity contribution is 6.37. The number of methoxy groups -OCH3 is 1. The van der Waals surface area contributed by atoms with Crippen molar-refractivity contribution in [2.75, 3.05) is 26.5 Å². The molecule has 0 radical (unpaired) electrons. The molecule has 0 saturated carbocycles. The molecule has 0 fully saturated rings. The molecule has 1 N–H and O–H groups in total. The molecule has 0 aliphatic carbocycles. The van der Waals surface area contributed by atoms with E-state index in [0.29, 0.717) is 21.5 Å². The number of hydrogen-bond acceptors (Lipinski definition) is 2. The number of carbonyl (C=O) groups excluding carboxylic acids is 1. The monoisotopic (exact) mass is 262 g/mol. The van der Waals surface area contributed by atoms with Gasteiger partial charge in [0.15, 0.2) is 5.75 Å². The lowest BCUT2D eigenvalue weighted by Gasteiger charge is -2.13. The molecule has 6 heteroatoms. The third kappa shape index (κ3) is 2.93. The van der Waals surface area contributed by atoms with Crippen LogP contribution in [0.2, 0.25) is 10.0 Å². The second kappa shape index (κ2) is 5.27. The first-order valence-electron chi connectivity index (χ1n) is 4.47. The Morgan fingerprint density at radius 2 is 1.81 bits per heavy atom. The minimum atomic E-state index is -0.252. The van der Waals surface area contributed by atoms with Crippen molar-refractivity contribution in [2.45, 2.75) is 0 Å². The van der Waals surface area contributed by atoms with Crippen LogP contribution in [0.15, 0.2) is 12.1 Å². The van der Waals surface area contributed by atoms with Crippen LogP contribution in [0.25, 0.3) is 0 Å². The lowest BCUT2D eigenvalue weighted by molar-refractivity contribution is 0.230. The van der Waals surface area contributed by atoms with Crippen LogP contribution < -0.4 is 10.1 Å². The van der Waals surface area contributed by atoms with Crippen LogP contribution >= 0.6 is 23.2 Å². The number of halogens is 2. The zero-order chi connectivity index (χ0) is 12.3. The van der Waals surface area contributed by atoms with E-state index in [2.05, 4.69) is 5.32 Å². The summed E-state index contributed by atoms with van der Waals surface area (Å²) in [6, 6.07) is 2.90. The number of benzene rings is 1. The van der Waals surface area contributed by atoms with Crippen molar-refractivity contribution >= 4 is 34.9 Å². The Labute approximate surface area is 104 Å². The van der Waals surface area contributed by atoms with Gasteiger partial charge in [0, 0.05) is 19.8 Å². The fourth-order valence-electron chi connectivity index (χ4n) is 1.06. The predicted molar refractivity (Wildman–Crippen MR) is 65.7 cm³/mol. The van der Waals surface area contributed by atoms with Crippen LogP contribution in [-0.4, -0.2) is 32.1 Å². The van der Waals surface area contributed by atoms with Crippen molar-refractivity contribution in [3.05, 3.63) is 22.2 Å². The SMILES string of the molecule is COc1c(Cl)cc(NC(=O)N(C)C)cc1Cl. The van der Waals surface area contributed by atoms with Gasteiger partial charge < -0.3 is 15.0 Å². The summed E-state index contributed by atoms with van der Waals surface area (Å²) in [7, 11) is 4.76. The average molecular weight is 263 g/mol. The molecule has 0 aliphatic rings. The summed E-state index contributed by atoms with van der Waals surface area (Å²) in [5, 5.41) is 3.34. The van der Waals surface area contributed by atoms with E-state index >= 15 is 0 Å². The predicted octanol–water partition coefficient (Wildman–Crippen LogP) is 3.10. The molecule has 1 rings (SSSR count). The van der Waals surface area contributed by atoms with E-state index in [9.17, 15) is 4.79 Å². The maximum Gasteiger partial charge on any atom is 0.321 e. The number of anilines is 1. The number of amides is 2. The Morgan fingerprint density at radius 3 is 2.19 bits per heavy atom. The van der Waals surface area contributed by atoms with Crippen LogP contribution in [0.5, 0.6) is 5.75 Å². The average Bonchev–Trinajstić information content (AvgIpc) is 2.16. The third-order valence-corrected chi connectivity index (χ3v) is 2.42. The topological polar surface area (TPSA) is 41.6 Å². The van der Waals surface area contributed by atoms with E-state index < -0.39 is 0 Å². The third-order valence-electron chi connectivity index (χ3n) is 1.86. The van der Waals surface area contributed by atoms with Crippen LogP contribution in [0.4, 0.5) is 10.5 Å². The van der Waals surface area contributed by atoms with E-state index in [1.54, 1.807) is 26.2 Å². The molecule has 1 aromatic rings. The quantitative estimate of drug-likeness (QED) is 0.890. The molecule has 16 heavy (non-hydrogen) atoms.